The van der Waals surface area contributed by atoms with E-state index in [1.807, 2.05) is 32.0 Å². The van der Waals surface area contributed by atoms with Gasteiger partial charge in [0.15, 0.2) is 27.3 Å². The van der Waals surface area contributed by atoms with Gasteiger partial charge in [-0.3, -0.25) is 4.99 Å². The molecule has 1 aromatic rings. The molecule has 0 spiro atoms. The van der Waals surface area contributed by atoms with Crippen LogP contribution in [0.2, 0.25) is 0 Å². The highest BCUT2D eigenvalue weighted by atomic mass is 32.2. The zero-order chi connectivity index (χ0) is 19.0. The van der Waals surface area contributed by atoms with E-state index < -0.39 is 9.84 Å². The normalized spacial score (nSPS) is 19.2. The zero-order valence-electron chi connectivity index (χ0n) is 15.7. The monoisotopic (exact) mass is 383 g/mol. The maximum absolute atomic E-state index is 11.5. The Balaban J connectivity index is 1.86. The Morgan fingerprint density at radius 1 is 1.23 bits per heavy atom. The molecule has 7 nitrogen and oxygen atoms in total. The second kappa shape index (κ2) is 9.66. The van der Waals surface area contributed by atoms with Crippen LogP contribution in [0.25, 0.3) is 0 Å². The van der Waals surface area contributed by atoms with Crippen molar-refractivity contribution in [2.24, 2.45) is 4.99 Å². The van der Waals surface area contributed by atoms with Crippen LogP contribution in [-0.2, 0) is 16.3 Å². The lowest BCUT2D eigenvalue weighted by atomic mass is 10.1. The molecule has 1 aromatic carbocycles. The van der Waals surface area contributed by atoms with Gasteiger partial charge in [-0.05, 0) is 44.4 Å². The average molecular weight is 384 g/mol. The first-order valence-electron chi connectivity index (χ1n) is 9.03. The van der Waals surface area contributed by atoms with Gasteiger partial charge in [0.2, 0.25) is 0 Å². The van der Waals surface area contributed by atoms with Crippen molar-refractivity contribution in [2.45, 2.75) is 32.7 Å². The van der Waals surface area contributed by atoms with Crippen molar-refractivity contribution in [3.8, 4) is 11.5 Å². The smallest absolute Gasteiger partial charge is 0.191 e. The van der Waals surface area contributed by atoms with Crippen LogP contribution in [0.3, 0.4) is 0 Å². The molecule has 2 rings (SSSR count). The summed E-state index contributed by atoms with van der Waals surface area (Å²) in [6, 6.07) is 5.88. The number of guanidine groups is 1. The summed E-state index contributed by atoms with van der Waals surface area (Å²) < 4.78 is 34.3. The third-order valence-electron chi connectivity index (χ3n) is 4.11. The van der Waals surface area contributed by atoms with Crippen LogP contribution in [0.15, 0.2) is 23.2 Å². The first-order valence-corrected chi connectivity index (χ1v) is 10.9. The number of rotatable bonds is 8. The Bertz CT molecular complexity index is 719. The number of nitrogens with zero attached hydrogens (tertiary/aromatic N) is 1. The van der Waals surface area contributed by atoms with Gasteiger partial charge in [0.1, 0.15) is 0 Å². The summed E-state index contributed by atoms with van der Waals surface area (Å²) in [6.07, 6.45) is 1.41. The fourth-order valence-corrected chi connectivity index (χ4v) is 4.55. The van der Waals surface area contributed by atoms with E-state index >= 15 is 0 Å². The summed E-state index contributed by atoms with van der Waals surface area (Å²) in [7, 11) is -1.22. The largest absolute Gasteiger partial charge is 0.490 e. The lowest BCUT2D eigenvalue weighted by molar-refractivity contribution is 0.287. The standard InChI is InChI=1S/C18H29N3O4S/c1-4-24-16-7-6-14(12-17(16)25-5-2)8-10-20-18(19-3)21-15-9-11-26(22,23)13-15/h6-7,12,15H,4-5,8-11,13H2,1-3H3,(H2,19,20,21). The van der Waals surface area contributed by atoms with Crippen LogP contribution >= 0.6 is 0 Å². The second-order valence-corrected chi connectivity index (χ2v) is 8.37. The van der Waals surface area contributed by atoms with Gasteiger partial charge in [0.05, 0.1) is 24.7 Å². The van der Waals surface area contributed by atoms with Gasteiger partial charge in [-0.25, -0.2) is 8.42 Å². The Labute approximate surface area is 156 Å². The third-order valence-corrected chi connectivity index (χ3v) is 5.88. The molecule has 146 valence electrons. The summed E-state index contributed by atoms with van der Waals surface area (Å²) in [4.78, 5) is 4.17. The minimum Gasteiger partial charge on any atom is -0.490 e. The van der Waals surface area contributed by atoms with Crippen LogP contribution in [0.5, 0.6) is 11.5 Å². The predicted molar refractivity (Wildman–Crippen MR) is 104 cm³/mol. The van der Waals surface area contributed by atoms with E-state index in [2.05, 4.69) is 15.6 Å². The first kappa shape index (κ1) is 20.4. The van der Waals surface area contributed by atoms with Gasteiger partial charge >= 0.3 is 0 Å². The molecule has 1 atom stereocenters. The molecule has 8 heteroatoms. The molecule has 2 N–H and O–H groups in total. The van der Waals surface area contributed by atoms with Gasteiger partial charge < -0.3 is 20.1 Å². The second-order valence-electron chi connectivity index (χ2n) is 6.14. The number of nitrogens with one attached hydrogen (secondary N) is 2. The maximum atomic E-state index is 11.5. The number of sulfone groups is 1. The van der Waals surface area contributed by atoms with E-state index in [-0.39, 0.29) is 17.5 Å². The Kier molecular flexibility index (Phi) is 7.56. The topological polar surface area (TPSA) is 89.0 Å². The summed E-state index contributed by atoms with van der Waals surface area (Å²) >= 11 is 0. The van der Waals surface area contributed by atoms with Gasteiger partial charge in [-0.15, -0.1) is 0 Å². The average Bonchev–Trinajstić information content (AvgIpc) is 2.95. The van der Waals surface area contributed by atoms with Crippen LogP contribution in [0, 0.1) is 0 Å². The van der Waals surface area contributed by atoms with Crippen molar-refractivity contribution < 1.29 is 17.9 Å². The van der Waals surface area contributed by atoms with Gasteiger partial charge in [-0.2, -0.15) is 0 Å². The zero-order valence-corrected chi connectivity index (χ0v) is 16.6. The summed E-state index contributed by atoms with van der Waals surface area (Å²) in [5.74, 6) is 2.55. The fourth-order valence-electron chi connectivity index (χ4n) is 2.87. The van der Waals surface area contributed by atoms with E-state index in [1.165, 1.54) is 0 Å². The molecule has 1 fully saturated rings. The highest BCUT2D eigenvalue weighted by Crippen LogP contribution is 2.28. The van der Waals surface area contributed by atoms with E-state index in [0.717, 1.165) is 23.5 Å². The quantitative estimate of drug-likeness (QED) is 0.521. The lowest BCUT2D eigenvalue weighted by Crippen LogP contribution is -2.44. The Hall–Kier alpha value is -1.96. The molecular weight excluding hydrogens is 354 g/mol. The molecule has 1 heterocycles. The molecular formula is C18H29N3O4S. The lowest BCUT2D eigenvalue weighted by Gasteiger charge is -2.16. The molecule has 0 amide bonds. The molecule has 0 aromatic heterocycles. The predicted octanol–water partition coefficient (Wildman–Crippen LogP) is 1.38. The first-order chi connectivity index (χ1) is 12.5. The summed E-state index contributed by atoms with van der Waals surface area (Å²) in [5.41, 5.74) is 1.13. The van der Waals surface area contributed by atoms with Gasteiger partial charge in [-0.1, -0.05) is 6.07 Å². The molecule has 1 saturated heterocycles. The van der Waals surface area contributed by atoms with Crippen LogP contribution < -0.4 is 20.1 Å². The van der Waals surface area contributed by atoms with Crippen molar-refractivity contribution in [3.63, 3.8) is 0 Å². The van der Waals surface area contributed by atoms with Crippen molar-refractivity contribution in [3.05, 3.63) is 23.8 Å². The molecule has 1 aliphatic heterocycles. The molecule has 26 heavy (non-hydrogen) atoms. The van der Waals surface area contributed by atoms with Gasteiger partial charge in [0.25, 0.3) is 0 Å². The van der Waals surface area contributed by atoms with Crippen molar-refractivity contribution in [1.29, 1.82) is 0 Å². The van der Waals surface area contributed by atoms with E-state index in [9.17, 15) is 8.42 Å². The number of benzene rings is 1. The Morgan fingerprint density at radius 3 is 2.58 bits per heavy atom. The van der Waals surface area contributed by atoms with E-state index in [0.29, 0.717) is 32.1 Å². The molecule has 0 saturated carbocycles. The van der Waals surface area contributed by atoms with Crippen molar-refractivity contribution >= 4 is 15.8 Å². The molecule has 1 unspecified atom stereocenters. The van der Waals surface area contributed by atoms with Crippen LogP contribution in [-0.4, -0.2) is 58.7 Å². The minimum absolute atomic E-state index is 0.0683. The number of hydrogen-bond donors (Lipinski definition) is 2. The van der Waals surface area contributed by atoms with E-state index in [4.69, 9.17) is 9.47 Å². The fraction of sp³-hybridized carbons (Fsp3) is 0.611. The molecule has 1 aliphatic rings. The molecule has 0 aliphatic carbocycles. The van der Waals surface area contributed by atoms with Crippen molar-refractivity contribution in [2.75, 3.05) is 38.3 Å². The highest BCUT2D eigenvalue weighted by molar-refractivity contribution is 7.91. The van der Waals surface area contributed by atoms with Crippen LogP contribution in [0.1, 0.15) is 25.8 Å². The maximum Gasteiger partial charge on any atom is 0.191 e. The number of aliphatic imine (C=N–C) groups is 1. The van der Waals surface area contributed by atoms with Gasteiger partial charge in [0, 0.05) is 19.6 Å². The minimum atomic E-state index is -2.90. The highest BCUT2D eigenvalue weighted by Gasteiger charge is 2.28. The number of hydrogen-bond acceptors (Lipinski definition) is 5. The SMILES string of the molecule is CCOc1ccc(CCNC(=NC)NC2CCS(=O)(=O)C2)cc1OCC. The summed E-state index contributed by atoms with van der Waals surface area (Å²) in [6.45, 7) is 5.76. The van der Waals surface area contributed by atoms with E-state index in [1.54, 1.807) is 7.05 Å². The summed E-state index contributed by atoms with van der Waals surface area (Å²) in [5, 5.41) is 6.42. The number of ether oxygens (including phenoxy) is 2. The van der Waals surface area contributed by atoms with Crippen LogP contribution in [0.4, 0.5) is 0 Å². The molecule has 0 radical (unpaired) electrons. The molecule has 0 bridgehead atoms. The van der Waals surface area contributed by atoms with Crippen molar-refractivity contribution in [1.82, 2.24) is 10.6 Å². The third kappa shape index (κ3) is 6.09. The Morgan fingerprint density at radius 2 is 1.96 bits per heavy atom.